The van der Waals surface area contributed by atoms with Crippen molar-refractivity contribution in [3.8, 4) is 0 Å². The Bertz CT molecular complexity index is 179. The summed E-state index contributed by atoms with van der Waals surface area (Å²) >= 11 is 5.55. The van der Waals surface area contributed by atoms with E-state index in [1.54, 1.807) is 0 Å². The minimum atomic E-state index is -4.21. The van der Waals surface area contributed by atoms with Crippen LogP contribution in [0.1, 0.15) is 25.7 Å². The van der Waals surface area contributed by atoms with Crippen LogP contribution in [-0.2, 0) is 4.74 Å². The molecule has 17 heavy (non-hydrogen) atoms. The molecular weight excluding hydrogens is 255 g/mol. The fraction of sp³-hybridized carbons (Fsp3) is 1.00. The van der Waals surface area contributed by atoms with Crippen LogP contribution in [0.3, 0.4) is 0 Å². The van der Waals surface area contributed by atoms with Gasteiger partial charge in [0.2, 0.25) is 0 Å². The van der Waals surface area contributed by atoms with Gasteiger partial charge < -0.3 is 9.64 Å². The Morgan fingerprint density at radius 2 is 1.71 bits per heavy atom. The fourth-order valence-corrected chi connectivity index (χ4v) is 1.58. The first kappa shape index (κ1) is 17.0. The van der Waals surface area contributed by atoms with Gasteiger partial charge in [0.15, 0.2) is 0 Å². The normalized spacial score (nSPS) is 12.4. The third kappa shape index (κ3) is 13.9. The lowest BCUT2D eigenvalue weighted by Crippen LogP contribution is -2.23. The molecule has 0 aliphatic rings. The van der Waals surface area contributed by atoms with Crippen molar-refractivity contribution in [2.24, 2.45) is 0 Å². The minimum Gasteiger partial charge on any atom is -0.372 e. The van der Waals surface area contributed by atoms with E-state index in [9.17, 15) is 13.2 Å². The molecule has 0 aliphatic heterocycles. The summed E-state index contributed by atoms with van der Waals surface area (Å²) in [6.45, 7) is 0.729. The molecule has 6 heteroatoms. The Labute approximate surface area is 106 Å². The van der Waals surface area contributed by atoms with Gasteiger partial charge in [0.05, 0.1) is 0 Å². The first-order valence-corrected chi connectivity index (χ1v) is 6.38. The summed E-state index contributed by atoms with van der Waals surface area (Å²) in [6, 6.07) is 0. The third-order valence-electron chi connectivity index (χ3n) is 2.27. The van der Waals surface area contributed by atoms with Crippen LogP contribution >= 0.6 is 11.6 Å². The van der Waals surface area contributed by atoms with Crippen LogP contribution < -0.4 is 0 Å². The van der Waals surface area contributed by atoms with Crippen molar-refractivity contribution in [1.82, 2.24) is 4.90 Å². The standard InChI is InChI=1S/C11H21ClF3NO/c1-16(7-4-2-3-6-12)8-5-9-17-10-11(13,14)15/h2-10H2,1H3. The number of nitrogens with zero attached hydrogens (tertiary/aromatic N) is 1. The zero-order chi connectivity index (χ0) is 13.1. The molecule has 0 saturated heterocycles. The maximum atomic E-state index is 11.7. The van der Waals surface area contributed by atoms with Gasteiger partial charge in [-0.3, -0.25) is 0 Å². The van der Waals surface area contributed by atoms with Crippen LogP contribution in [0.2, 0.25) is 0 Å². The van der Waals surface area contributed by atoms with Crippen LogP contribution in [0, 0.1) is 0 Å². The van der Waals surface area contributed by atoms with E-state index in [1.165, 1.54) is 0 Å². The highest BCUT2D eigenvalue weighted by atomic mass is 35.5. The number of rotatable bonds is 10. The molecule has 0 fully saturated rings. The van der Waals surface area contributed by atoms with E-state index >= 15 is 0 Å². The molecule has 0 bridgehead atoms. The van der Waals surface area contributed by atoms with E-state index < -0.39 is 12.8 Å². The highest BCUT2D eigenvalue weighted by molar-refractivity contribution is 6.17. The highest BCUT2D eigenvalue weighted by Gasteiger charge is 2.27. The van der Waals surface area contributed by atoms with Crippen LogP contribution in [0.15, 0.2) is 0 Å². The van der Waals surface area contributed by atoms with Crippen LogP contribution in [0.25, 0.3) is 0 Å². The van der Waals surface area contributed by atoms with Gasteiger partial charge in [0.25, 0.3) is 0 Å². The predicted molar refractivity (Wildman–Crippen MR) is 63.6 cm³/mol. The number of hydrogen-bond donors (Lipinski definition) is 0. The number of ether oxygens (including phenoxy) is 1. The molecule has 0 saturated carbocycles. The van der Waals surface area contributed by atoms with Crippen molar-refractivity contribution < 1.29 is 17.9 Å². The van der Waals surface area contributed by atoms with Crippen molar-refractivity contribution in [3.05, 3.63) is 0 Å². The van der Waals surface area contributed by atoms with E-state index in [2.05, 4.69) is 9.64 Å². The number of unbranched alkanes of at least 4 members (excludes halogenated alkanes) is 2. The number of alkyl halides is 4. The van der Waals surface area contributed by atoms with E-state index in [0.717, 1.165) is 32.4 Å². The molecule has 0 aromatic heterocycles. The molecule has 0 unspecified atom stereocenters. The van der Waals surface area contributed by atoms with E-state index in [-0.39, 0.29) is 6.61 Å². The van der Waals surface area contributed by atoms with Crippen molar-refractivity contribution in [2.75, 3.05) is 39.2 Å². The summed E-state index contributed by atoms with van der Waals surface area (Å²) in [5.41, 5.74) is 0. The van der Waals surface area contributed by atoms with Gasteiger partial charge in [-0.1, -0.05) is 6.42 Å². The second kappa shape index (κ2) is 9.97. The molecule has 0 aromatic rings. The molecule has 0 amide bonds. The Balaban J connectivity index is 3.24. The van der Waals surface area contributed by atoms with Gasteiger partial charge in [-0.05, 0) is 32.9 Å². The fourth-order valence-electron chi connectivity index (χ4n) is 1.39. The predicted octanol–water partition coefficient (Wildman–Crippen LogP) is 3.30. The van der Waals surface area contributed by atoms with Gasteiger partial charge in [-0.25, -0.2) is 0 Å². The average Bonchev–Trinajstić information content (AvgIpc) is 2.22. The minimum absolute atomic E-state index is 0.158. The molecule has 0 N–H and O–H groups in total. The Hall–Kier alpha value is -0.0000000000000000555. The molecule has 0 aliphatic carbocycles. The quantitative estimate of drug-likeness (QED) is 0.448. The molecule has 0 radical (unpaired) electrons. The van der Waals surface area contributed by atoms with E-state index in [0.29, 0.717) is 12.3 Å². The van der Waals surface area contributed by atoms with Crippen LogP contribution in [0.5, 0.6) is 0 Å². The maximum Gasteiger partial charge on any atom is 0.411 e. The summed E-state index contributed by atoms with van der Waals surface area (Å²) in [5, 5.41) is 0. The first-order valence-electron chi connectivity index (χ1n) is 5.84. The molecule has 0 atom stereocenters. The van der Waals surface area contributed by atoms with Gasteiger partial charge >= 0.3 is 6.18 Å². The first-order chi connectivity index (χ1) is 7.95. The number of hydrogen-bond acceptors (Lipinski definition) is 2. The molecule has 0 aromatic carbocycles. The van der Waals surface area contributed by atoms with Gasteiger partial charge in [-0.2, -0.15) is 13.2 Å². The summed E-state index contributed by atoms with van der Waals surface area (Å²) in [5.74, 6) is 0.689. The SMILES string of the molecule is CN(CCCCCCl)CCCOCC(F)(F)F. The topological polar surface area (TPSA) is 12.5 Å². The summed E-state index contributed by atoms with van der Waals surface area (Å²) in [4.78, 5) is 2.10. The lowest BCUT2D eigenvalue weighted by molar-refractivity contribution is -0.174. The molecule has 2 nitrogen and oxygen atoms in total. The molecule has 0 rings (SSSR count). The van der Waals surface area contributed by atoms with Gasteiger partial charge in [-0.15, -0.1) is 11.6 Å². The smallest absolute Gasteiger partial charge is 0.372 e. The van der Waals surface area contributed by atoms with E-state index in [1.807, 2.05) is 7.05 Å². The van der Waals surface area contributed by atoms with Crippen molar-refractivity contribution >= 4 is 11.6 Å². The van der Waals surface area contributed by atoms with Gasteiger partial charge in [0, 0.05) is 19.0 Å². The second-order valence-corrected chi connectivity index (χ2v) is 4.45. The zero-order valence-electron chi connectivity index (χ0n) is 10.2. The summed E-state index contributed by atoms with van der Waals surface area (Å²) in [6.07, 6.45) is -0.398. The van der Waals surface area contributed by atoms with Crippen LogP contribution in [-0.4, -0.2) is 50.3 Å². The van der Waals surface area contributed by atoms with Crippen molar-refractivity contribution in [1.29, 1.82) is 0 Å². The average molecular weight is 276 g/mol. The summed E-state index contributed by atoms with van der Waals surface area (Å²) < 4.78 is 39.7. The summed E-state index contributed by atoms with van der Waals surface area (Å²) in [7, 11) is 1.96. The lowest BCUT2D eigenvalue weighted by atomic mass is 10.2. The molecular formula is C11H21ClF3NO. The van der Waals surface area contributed by atoms with Gasteiger partial charge in [0.1, 0.15) is 6.61 Å². The Morgan fingerprint density at radius 3 is 2.29 bits per heavy atom. The third-order valence-corrected chi connectivity index (χ3v) is 2.53. The molecule has 104 valence electrons. The molecule has 0 spiro atoms. The van der Waals surface area contributed by atoms with Crippen molar-refractivity contribution in [3.63, 3.8) is 0 Å². The Kier molecular flexibility index (Phi) is 9.97. The maximum absolute atomic E-state index is 11.7. The monoisotopic (exact) mass is 275 g/mol. The lowest BCUT2D eigenvalue weighted by Gasteiger charge is -2.16. The molecule has 0 heterocycles. The Morgan fingerprint density at radius 1 is 1.06 bits per heavy atom. The largest absolute Gasteiger partial charge is 0.411 e. The van der Waals surface area contributed by atoms with E-state index in [4.69, 9.17) is 11.6 Å². The number of halogens is 4. The highest BCUT2D eigenvalue weighted by Crippen LogP contribution is 2.14. The van der Waals surface area contributed by atoms with Crippen molar-refractivity contribution in [2.45, 2.75) is 31.9 Å². The zero-order valence-corrected chi connectivity index (χ0v) is 11.0. The van der Waals surface area contributed by atoms with Crippen LogP contribution in [0.4, 0.5) is 13.2 Å². The second-order valence-electron chi connectivity index (χ2n) is 4.07.